The van der Waals surface area contributed by atoms with Crippen molar-refractivity contribution in [2.24, 2.45) is 11.8 Å². The normalized spacial score (nSPS) is 37.6. The molecule has 2 aliphatic heterocycles. The molecule has 2 saturated heterocycles. The predicted octanol–water partition coefficient (Wildman–Crippen LogP) is 3.03. The SMILES string of the molecule is C1CCC(C2CCCC2NCC2CCSCC2)NC1. The second-order valence-electron chi connectivity index (χ2n) is 6.72. The number of piperidine rings is 1. The Morgan fingerprint density at radius 1 is 0.947 bits per heavy atom. The van der Waals surface area contributed by atoms with Gasteiger partial charge in [0.15, 0.2) is 0 Å². The van der Waals surface area contributed by atoms with Crippen LogP contribution in [-0.2, 0) is 0 Å². The summed E-state index contributed by atoms with van der Waals surface area (Å²) in [7, 11) is 0. The van der Waals surface area contributed by atoms with Crippen molar-refractivity contribution in [1.29, 1.82) is 0 Å². The Balaban J connectivity index is 1.45. The summed E-state index contributed by atoms with van der Waals surface area (Å²) >= 11 is 2.14. The molecule has 2 nitrogen and oxygen atoms in total. The first-order valence-electron chi connectivity index (χ1n) is 8.48. The van der Waals surface area contributed by atoms with Crippen molar-refractivity contribution in [1.82, 2.24) is 10.6 Å². The van der Waals surface area contributed by atoms with Crippen LogP contribution >= 0.6 is 11.8 Å². The number of thioether (sulfide) groups is 1. The molecule has 1 aliphatic carbocycles. The molecule has 3 atom stereocenters. The first-order valence-corrected chi connectivity index (χ1v) is 9.63. The largest absolute Gasteiger partial charge is 0.314 e. The quantitative estimate of drug-likeness (QED) is 0.829. The van der Waals surface area contributed by atoms with Gasteiger partial charge in [0.05, 0.1) is 0 Å². The first kappa shape index (κ1) is 14.2. The second-order valence-corrected chi connectivity index (χ2v) is 7.95. The summed E-state index contributed by atoms with van der Waals surface area (Å²) in [5, 5.41) is 7.74. The summed E-state index contributed by atoms with van der Waals surface area (Å²) in [5.74, 6) is 4.66. The molecule has 0 radical (unpaired) electrons. The number of hydrogen-bond donors (Lipinski definition) is 2. The van der Waals surface area contributed by atoms with Crippen LogP contribution in [0.2, 0.25) is 0 Å². The lowest BCUT2D eigenvalue weighted by Gasteiger charge is -2.34. The Morgan fingerprint density at radius 2 is 1.84 bits per heavy atom. The van der Waals surface area contributed by atoms with Gasteiger partial charge < -0.3 is 10.6 Å². The zero-order valence-corrected chi connectivity index (χ0v) is 13.0. The van der Waals surface area contributed by atoms with Crippen LogP contribution in [0.1, 0.15) is 51.4 Å². The summed E-state index contributed by atoms with van der Waals surface area (Å²) < 4.78 is 0. The predicted molar refractivity (Wildman–Crippen MR) is 84.8 cm³/mol. The van der Waals surface area contributed by atoms with E-state index in [-0.39, 0.29) is 0 Å². The third-order valence-electron chi connectivity index (χ3n) is 5.44. The van der Waals surface area contributed by atoms with Gasteiger partial charge in [0.1, 0.15) is 0 Å². The molecule has 1 saturated carbocycles. The van der Waals surface area contributed by atoms with E-state index in [1.165, 1.54) is 76.0 Å². The summed E-state index contributed by atoms with van der Waals surface area (Å²) in [5.41, 5.74) is 0. The van der Waals surface area contributed by atoms with Gasteiger partial charge in [0.25, 0.3) is 0 Å². The summed E-state index contributed by atoms with van der Waals surface area (Å²) in [6.45, 7) is 2.54. The lowest BCUT2D eigenvalue weighted by Crippen LogP contribution is -2.47. The van der Waals surface area contributed by atoms with Crippen LogP contribution in [0.15, 0.2) is 0 Å². The fraction of sp³-hybridized carbons (Fsp3) is 1.00. The molecule has 0 aromatic rings. The Bertz CT molecular complexity index is 259. The maximum Gasteiger partial charge on any atom is 0.0110 e. The molecule has 0 bridgehead atoms. The molecule has 110 valence electrons. The minimum atomic E-state index is 0.810. The van der Waals surface area contributed by atoms with Gasteiger partial charge in [-0.25, -0.2) is 0 Å². The first-order chi connectivity index (χ1) is 9.43. The average Bonchev–Trinajstić information content (AvgIpc) is 2.95. The van der Waals surface area contributed by atoms with Crippen molar-refractivity contribution in [2.75, 3.05) is 24.6 Å². The molecule has 0 aromatic heterocycles. The molecule has 2 N–H and O–H groups in total. The Kier molecular flexibility index (Phi) is 5.48. The molecule has 3 fully saturated rings. The molecule has 3 heteroatoms. The van der Waals surface area contributed by atoms with Crippen LogP contribution < -0.4 is 10.6 Å². The van der Waals surface area contributed by atoms with Crippen LogP contribution in [0.25, 0.3) is 0 Å². The third-order valence-corrected chi connectivity index (χ3v) is 6.49. The monoisotopic (exact) mass is 282 g/mol. The topological polar surface area (TPSA) is 24.1 Å². The fourth-order valence-electron chi connectivity index (χ4n) is 4.24. The van der Waals surface area contributed by atoms with Crippen LogP contribution in [0.4, 0.5) is 0 Å². The number of nitrogens with one attached hydrogen (secondary N) is 2. The van der Waals surface area contributed by atoms with Gasteiger partial charge in [-0.15, -0.1) is 0 Å². The van der Waals surface area contributed by atoms with E-state index in [0.717, 1.165) is 23.9 Å². The van der Waals surface area contributed by atoms with Crippen molar-refractivity contribution in [2.45, 2.75) is 63.5 Å². The molecule has 3 rings (SSSR count). The molecule has 0 spiro atoms. The maximum absolute atomic E-state index is 3.95. The standard InChI is InChI=1S/C16H30N2S/c1-2-9-17-15(5-1)14-4-3-6-16(14)18-12-13-7-10-19-11-8-13/h13-18H,1-12H2. The van der Waals surface area contributed by atoms with Crippen LogP contribution in [0.3, 0.4) is 0 Å². The highest BCUT2D eigenvalue weighted by atomic mass is 32.2. The van der Waals surface area contributed by atoms with Crippen molar-refractivity contribution < 1.29 is 0 Å². The van der Waals surface area contributed by atoms with E-state index >= 15 is 0 Å². The van der Waals surface area contributed by atoms with E-state index in [4.69, 9.17) is 0 Å². The minimum absolute atomic E-state index is 0.810. The molecule has 2 heterocycles. The van der Waals surface area contributed by atoms with Crippen molar-refractivity contribution in [3.8, 4) is 0 Å². The van der Waals surface area contributed by atoms with E-state index < -0.39 is 0 Å². The molecular formula is C16H30N2S. The number of rotatable bonds is 4. The molecular weight excluding hydrogens is 252 g/mol. The molecule has 19 heavy (non-hydrogen) atoms. The second kappa shape index (κ2) is 7.33. The van der Waals surface area contributed by atoms with Crippen LogP contribution in [-0.4, -0.2) is 36.7 Å². The zero-order valence-electron chi connectivity index (χ0n) is 12.2. The van der Waals surface area contributed by atoms with Gasteiger partial charge in [0.2, 0.25) is 0 Å². The van der Waals surface area contributed by atoms with Gasteiger partial charge in [-0.1, -0.05) is 12.8 Å². The van der Waals surface area contributed by atoms with E-state index in [1.54, 1.807) is 0 Å². The van der Waals surface area contributed by atoms with Crippen molar-refractivity contribution in [3.63, 3.8) is 0 Å². The maximum atomic E-state index is 3.95. The molecule has 0 amide bonds. The van der Waals surface area contributed by atoms with Gasteiger partial charge >= 0.3 is 0 Å². The fourth-order valence-corrected chi connectivity index (χ4v) is 5.44. The smallest absolute Gasteiger partial charge is 0.0110 e. The van der Waals surface area contributed by atoms with E-state index in [0.29, 0.717) is 0 Å². The highest BCUT2D eigenvalue weighted by Crippen LogP contribution is 2.32. The van der Waals surface area contributed by atoms with E-state index in [2.05, 4.69) is 22.4 Å². The van der Waals surface area contributed by atoms with Gasteiger partial charge in [-0.2, -0.15) is 11.8 Å². The summed E-state index contributed by atoms with van der Waals surface area (Å²) in [6.07, 6.45) is 11.5. The van der Waals surface area contributed by atoms with E-state index in [9.17, 15) is 0 Å². The molecule has 3 aliphatic rings. The highest BCUT2D eigenvalue weighted by molar-refractivity contribution is 7.99. The van der Waals surface area contributed by atoms with Crippen LogP contribution in [0.5, 0.6) is 0 Å². The average molecular weight is 282 g/mol. The van der Waals surface area contributed by atoms with E-state index in [1.807, 2.05) is 0 Å². The Labute approximate surface area is 122 Å². The van der Waals surface area contributed by atoms with Crippen molar-refractivity contribution >= 4 is 11.8 Å². The third kappa shape index (κ3) is 3.89. The van der Waals surface area contributed by atoms with Gasteiger partial charge in [-0.05, 0) is 75.0 Å². The highest BCUT2D eigenvalue weighted by Gasteiger charge is 2.34. The number of hydrogen-bond acceptors (Lipinski definition) is 3. The van der Waals surface area contributed by atoms with Crippen LogP contribution in [0, 0.1) is 11.8 Å². The molecule has 3 unspecified atom stereocenters. The lowest BCUT2D eigenvalue weighted by molar-refractivity contribution is 0.250. The Morgan fingerprint density at radius 3 is 2.63 bits per heavy atom. The Hall–Kier alpha value is 0.270. The molecule has 0 aromatic carbocycles. The van der Waals surface area contributed by atoms with Gasteiger partial charge in [0, 0.05) is 12.1 Å². The lowest BCUT2D eigenvalue weighted by atomic mass is 9.88. The zero-order chi connectivity index (χ0) is 12.9. The van der Waals surface area contributed by atoms with Gasteiger partial charge in [-0.3, -0.25) is 0 Å². The van der Waals surface area contributed by atoms with Crippen molar-refractivity contribution in [3.05, 3.63) is 0 Å². The summed E-state index contributed by atoms with van der Waals surface area (Å²) in [6, 6.07) is 1.63. The minimum Gasteiger partial charge on any atom is -0.314 e. The summed E-state index contributed by atoms with van der Waals surface area (Å²) in [4.78, 5) is 0.